The fourth-order valence-corrected chi connectivity index (χ4v) is 7.66. The minimum atomic E-state index is -4.56. The Hall–Kier alpha value is -4.55. The molecule has 5 aromatic rings. The molecule has 8 rings (SSSR count). The van der Waals surface area contributed by atoms with Crippen LogP contribution in [0, 0.1) is 0 Å². The molecule has 0 radical (unpaired) electrons. The zero-order chi connectivity index (χ0) is 32.8. The Kier molecular flexibility index (Phi) is 6.82. The van der Waals surface area contributed by atoms with Crippen LogP contribution in [0.5, 0.6) is 0 Å². The topological polar surface area (TPSA) is 79.7 Å². The van der Waals surface area contributed by atoms with Crippen LogP contribution < -0.4 is 9.80 Å². The van der Waals surface area contributed by atoms with Crippen molar-refractivity contribution in [2.75, 3.05) is 36.5 Å². The Bertz CT molecular complexity index is 2010. The molecule has 246 valence electrons. The standard InChI is InChI=1S/C34H38F3N9O/c1-20(2)46(33(47)45-19-39-32(40-45)21-7-8-21)23-10-14-43(15-11-23)27-16-22-9-13-41(3)31-28(24-6-5-12-44(27)30(22)24)25(34(35,36)37)17-26-29(31)38-18-42(26)4/h5-6,12,16-21,23H,7-11,13-15H2,1-4H3. The summed E-state index contributed by atoms with van der Waals surface area (Å²) in [5.74, 6) is 2.08. The molecule has 1 aromatic carbocycles. The van der Waals surface area contributed by atoms with Gasteiger partial charge in [-0.3, -0.25) is 0 Å². The van der Waals surface area contributed by atoms with Gasteiger partial charge in [0.1, 0.15) is 17.7 Å². The van der Waals surface area contributed by atoms with Crippen molar-refractivity contribution in [2.45, 2.75) is 70.1 Å². The highest BCUT2D eigenvalue weighted by Crippen LogP contribution is 2.49. The minimum Gasteiger partial charge on any atom is -0.372 e. The van der Waals surface area contributed by atoms with Gasteiger partial charge < -0.3 is 23.7 Å². The molecule has 2 fully saturated rings. The first kappa shape index (κ1) is 29.8. The van der Waals surface area contributed by atoms with Crippen molar-refractivity contribution < 1.29 is 18.0 Å². The Morgan fingerprint density at radius 1 is 1.02 bits per heavy atom. The number of piperidine rings is 1. The van der Waals surface area contributed by atoms with Crippen LogP contribution in [0.1, 0.15) is 62.4 Å². The zero-order valence-electron chi connectivity index (χ0n) is 27.0. The first-order valence-electron chi connectivity index (χ1n) is 16.4. The predicted molar refractivity (Wildman–Crippen MR) is 174 cm³/mol. The number of halogens is 3. The molecule has 3 aliphatic rings. The zero-order valence-corrected chi connectivity index (χ0v) is 27.0. The van der Waals surface area contributed by atoms with Crippen molar-refractivity contribution in [3.8, 4) is 11.1 Å². The van der Waals surface area contributed by atoms with Crippen molar-refractivity contribution in [3.63, 3.8) is 0 Å². The number of carbonyl (C=O) groups is 1. The molecule has 1 aliphatic carbocycles. The first-order chi connectivity index (χ1) is 22.5. The molecule has 1 saturated carbocycles. The number of aromatic nitrogens is 6. The second-order valence-corrected chi connectivity index (χ2v) is 13.5. The molecule has 1 saturated heterocycles. The number of benzene rings is 1. The first-order valence-corrected chi connectivity index (χ1v) is 16.4. The highest BCUT2D eigenvalue weighted by Gasteiger charge is 2.39. The van der Waals surface area contributed by atoms with Crippen LogP contribution in [0.3, 0.4) is 0 Å². The second kappa shape index (κ2) is 10.7. The lowest BCUT2D eigenvalue weighted by molar-refractivity contribution is -0.137. The van der Waals surface area contributed by atoms with Crippen LogP contribution >= 0.6 is 0 Å². The van der Waals surface area contributed by atoms with Gasteiger partial charge in [0.25, 0.3) is 0 Å². The Morgan fingerprint density at radius 2 is 1.79 bits per heavy atom. The SMILES string of the molecule is CC(C)N(C(=O)n1cnc(C2CC2)n1)C1CCN(c2cc3c4c(cccn24)-c2c(C(F)(F)F)cc4c(ncn4C)c2N(C)CC3)CC1. The maximum atomic E-state index is 14.8. The van der Waals surface area contributed by atoms with Gasteiger partial charge >= 0.3 is 12.2 Å². The van der Waals surface area contributed by atoms with E-state index in [1.165, 1.54) is 17.1 Å². The lowest BCUT2D eigenvalue weighted by Gasteiger charge is -2.40. The lowest BCUT2D eigenvalue weighted by atomic mass is 9.92. The van der Waals surface area contributed by atoms with Gasteiger partial charge in [-0.15, -0.1) is 5.10 Å². The van der Waals surface area contributed by atoms with Crippen molar-refractivity contribution in [3.05, 3.63) is 60.1 Å². The molecule has 10 nitrogen and oxygen atoms in total. The number of amides is 1. The molecule has 4 aromatic heterocycles. The molecule has 13 heteroatoms. The van der Waals surface area contributed by atoms with E-state index >= 15 is 0 Å². The Morgan fingerprint density at radius 3 is 2.49 bits per heavy atom. The van der Waals surface area contributed by atoms with Gasteiger partial charge in [-0.05, 0) is 69.7 Å². The van der Waals surface area contributed by atoms with Crippen molar-refractivity contribution in [1.82, 2.24) is 33.6 Å². The largest absolute Gasteiger partial charge is 0.417 e. The van der Waals surface area contributed by atoms with E-state index in [0.29, 0.717) is 54.3 Å². The second-order valence-electron chi connectivity index (χ2n) is 13.5. The fourth-order valence-electron chi connectivity index (χ4n) is 7.66. The molecule has 0 bridgehead atoms. The summed E-state index contributed by atoms with van der Waals surface area (Å²) in [6.45, 7) is 6.02. The maximum absolute atomic E-state index is 14.8. The average molecular weight is 646 g/mol. The minimum absolute atomic E-state index is 0.0111. The molecule has 0 unspecified atom stereocenters. The number of imidazole rings is 1. The number of rotatable bonds is 4. The van der Waals surface area contributed by atoms with Crippen molar-refractivity contribution in [2.24, 2.45) is 7.05 Å². The Labute approximate surface area is 270 Å². The summed E-state index contributed by atoms with van der Waals surface area (Å²) in [4.78, 5) is 28.7. The fraction of sp³-hybridized carbons (Fsp3) is 0.471. The summed E-state index contributed by atoms with van der Waals surface area (Å²) in [6, 6.07) is 6.90. The molecule has 6 heterocycles. The normalized spacial score (nSPS) is 17.4. The van der Waals surface area contributed by atoms with Gasteiger partial charge in [0.15, 0.2) is 5.82 Å². The van der Waals surface area contributed by atoms with E-state index in [-0.39, 0.29) is 23.7 Å². The third-order valence-electron chi connectivity index (χ3n) is 10.1. The van der Waals surface area contributed by atoms with Gasteiger partial charge in [-0.2, -0.15) is 17.9 Å². The van der Waals surface area contributed by atoms with Gasteiger partial charge in [-0.1, -0.05) is 6.07 Å². The number of pyridine rings is 1. The molecule has 0 atom stereocenters. The van der Waals surface area contributed by atoms with Crippen LogP contribution in [0.4, 0.5) is 29.5 Å². The van der Waals surface area contributed by atoms with Crippen LogP contribution in [0.15, 0.2) is 43.1 Å². The third-order valence-corrected chi connectivity index (χ3v) is 10.1. The smallest absolute Gasteiger partial charge is 0.372 e. The van der Waals surface area contributed by atoms with Gasteiger partial charge in [0.2, 0.25) is 0 Å². The molecule has 0 spiro atoms. The quantitative estimate of drug-likeness (QED) is 0.228. The van der Waals surface area contributed by atoms with Crippen LogP contribution in [-0.2, 0) is 19.6 Å². The molecule has 47 heavy (non-hydrogen) atoms. The molecular formula is C34H38F3N9O. The molecular weight excluding hydrogens is 607 g/mol. The summed E-state index contributed by atoms with van der Waals surface area (Å²) in [5.41, 5.74) is 3.41. The van der Waals surface area contributed by atoms with E-state index in [4.69, 9.17) is 0 Å². The number of hydrogen-bond donors (Lipinski definition) is 0. The maximum Gasteiger partial charge on any atom is 0.417 e. The number of anilines is 2. The average Bonchev–Trinajstić information content (AvgIpc) is 3.46. The highest BCUT2D eigenvalue weighted by molar-refractivity contribution is 6.04. The van der Waals surface area contributed by atoms with E-state index in [1.807, 2.05) is 49.0 Å². The highest BCUT2D eigenvalue weighted by atomic mass is 19.4. The number of likely N-dealkylation sites (N-methyl/N-ethyl adjacent to an activating group) is 1. The van der Waals surface area contributed by atoms with Gasteiger partial charge in [-0.25, -0.2) is 14.8 Å². The van der Waals surface area contributed by atoms with Crippen molar-refractivity contribution in [1.29, 1.82) is 0 Å². The van der Waals surface area contributed by atoms with Crippen molar-refractivity contribution >= 4 is 34.1 Å². The number of aryl methyl sites for hydroxylation is 1. The number of nitrogens with zero attached hydrogens (tertiary/aromatic N) is 9. The Balaban J connectivity index is 1.15. The lowest BCUT2D eigenvalue weighted by Crippen LogP contribution is -2.51. The predicted octanol–water partition coefficient (Wildman–Crippen LogP) is 6.32. The van der Waals surface area contributed by atoms with Crippen LogP contribution in [0.25, 0.3) is 27.7 Å². The summed E-state index contributed by atoms with van der Waals surface area (Å²) < 4.78 is 49.6. The molecule has 2 aliphatic heterocycles. The summed E-state index contributed by atoms with van der Waals surface area (Å²) in [5, 5.41) is 4.49. The van der Waals surface area contributed by atoms with Crippen LogP contribution in [-0.4, -0.2) is 78.4 Å². The van der Waals surface area contributed by atoms with E-state index in [1.54, 1.807) is 17.9 Å². The summed E-state index contributed by atoms with van der Waals surface area (Å²) >= 11 is 0. The third kappa shape index (κ3) is 4.84. The van der Waals surface area contributed by atoms with Gasteiger partial charge in [0, 0.05) is 69.1 Å². The van der Waals surface area contributed by atoms with Gasteiger partial charge in [0.05, 0.1) is 28.6 Å². The monoisotopic (exact) mass is 645 g/mol. The molecule has 1 amide bonds. The van der Waals surface area contributed by atoms with E-state index < -0.39 is 11.7 Å². The summed E-state index contributed by atoms with van der Waals surface area (Å²) in [6.07, 6.45) is 4.85. The van der Waals surface area contributed by atoms with Crippen LogP contribution in [0.2, 0.25) is 0 Å². The summed E-state index contributed by atoms with van der Waals surface area (Å²) in [7, 11) is 3.58. The number of fused-ring (bicyclic) bond motifs is 4. The molecule has 0 N–H and O–H groups in total. The number of carbonyl (C=O) groups excluding carboxylic acids is 1. The van der Waals surface area contributed by atoms with E-state index in [9.17, 15) is 18.0 Å². The number of hydrogen-bond acceptors (Lipinski definition) is 6. The van der Waals surface area contributed by atoms with E-state index in [2.05, 4.69) is 30.4 Å². The number of alkyl halides is 3. The van der Waals surface area contributed by atoms with E-state index in [0.717, 1.165) is 48.4 Å².